The maximum Gasteiger partial charge on any atom is 0.228 e. The fourth-order valence-corrected chi connectivity index (χ4v) is 1.81. The van der Waals surface area contributed by atoms with E-state index in [9.17, 15) is 4.79 Å². The molecule has 0 aliphatic carbocycles. The minimum absolute atomic E-state index is 0.114. The summed E-state index contributed by atoms with van der Waals surface area (Å²) in [5, 5.41) is 2.85. The number of amides is 1. The van der Waals surface area contributed by atoms with Gasteiger partial charge in [0, 0.05) is 5.69 Å². The van der Waals surface area contributed by atoms with Crippen molar-refractivity contribution < 1.29 is 4.79 Å². The van der Waals surface area contributed by atoms with Gasteiger partial charge in [-0.05, 0) is 23.1 Å². The Labute approximate surface area is 78.0 Å². The average Bonchev–Trinajstić information content (AvgIpc) is 2.43. The van der Waals surface area contributed by atoms with Crippen molar-refractivity contribution in [2.75, 3.05) is 5.32 Å². The third-order valence-electron chi connectivity index (χ3n) is 2.45. The van der Waals surface area contributed by atoms with E-state index < -0.39 is 0 Å². The molecule has 1 aromatic carbocycles. The summed E-state index contributed by atoms with van der Waals surface area (Å²) < 4.78 is 0. The summed E-state index contributed by atoms with van der Waals surface area (Å²) in [6.07, 6.45) is 0.545. The maximum atomic E-state index is 11.2. The van der Waals surface area contributed by atoms with E-state index in [1.807, 2.05) is 12.1 Å². The molecule has 13 heavy (non-hydrogen) atoms. The van der Waals surface area contributed by atoms with Crippen LogP contribution in [0.3, 0.4) is 0 Å². The van der Waals surface area contributed by atoms with Crippen molar-refractivity contribution >= 4 is 11.6 Å². The predicted octanol–water partition coefficient (Wildman–Crippen LogP) is 2.30. The Hall–Kier alpha value is -1.31. The predicted molar refractivity (Wildman–Crippen MR) is 52.9 cm³/mol. The minimum atomic E-state index is 0.114. The summed E-state index contributed by atoms with van der Waals surface area (Å²) in [5.41, 5.74) is 3.47. The van der Waals surface area contributed by atoms with E-state index >= 15 is 0 Å². The fourth-order valence-electron chi connectivity index (χ4n) is 1.81. The zero-order valence-corrected chi connectivity index (χ0v) is 7.92. The van der Waals surface area contributed by atoms with E-state index in [2.05, 4.69) is 25.2 Å². The largest absolute Gasteiger partial charge is 0.326 e. The van der Waals surface area contributed by atoms with Crippen LogP contribution in [0.25, 0.3) is 0 Å². The molecule has 0 saturated carbocycles. The number of anilines is 1. The quantitative estimate of drug-likeness (QED) is 0.697. The van der Waals surface area contributed by atoms with Gasteiger partial charge in [-0.2, -0.15) is 0 Å². The van der Waals surface area contributed by atoms with E-state index in [0.29, 0.717) is 12.3 Å². The van der Waals surface area contributed by atoms with Crippen LogP contribution in [0.4, 0.5) is 5.69 Å². The van der Waals surface area contributed by atoms with Crippen molar-refractivity contribution in [3.05, 3.63) is 29.3 Å². The van der Waals surface area contributed by atoms with Gasteiger partial charge in [-0.25, -0.2) is 0 Å². The molecule has 0 spiro atoms. The number of hydrogen-bond donors (Lipinski definition) is 1. The Morgan fingerprint density at radius 3 is 2.85 bits per heavy atom. The third kappa shape index (κ3) is 1.32. The lowest BCUT2D eigenvalue weighted by molar-refractivity contribution is -0.115. The summed E-state index contributed by atoms with van der Waals surface area (Å²) in [4.78, 5) is 11.2. The molecule has 1 aliphatic rings. The van der Waals surface area contributed by atoms with Gasteiger partial charge < -0.3 is 5.32 Å². The van der Waals surface area contributed by atoms with Gasteiger partial charge in [-0.3, -0.25) is 4.79 Å². The van der Waals surface area contributed by atoms with E-state index in [0.717, 1.165) is 5.69 Å². The Bertz CT molecular complexity index is 355. The summed E-state index contributed by atoms with van der Waals surface area (Å²) in [5.74, 6) is 0.603. The molecule has 68 valence electrons. The summed E-state index contributed by atoms with van der Waals surface area (Å²) in [6, 6.07) is 6.07. The lowest BCUT2D eigenvalue weighted by Crippen LogP contribution is -2.03. The van der Waals surface area contributed by atoms with Crippen molar-refractivity contribution in [3.8, 4) is 0 Å². The summed E-state index contributed by atoms with van der Waals surface area (Å²) in [6.45, 7) is 4.30. The normalized spacial score (nSPS) is 14.5. The number of carbonyl (C=O) groups excluding carboxylic acids is 1. The van der Waals surface area contributed by atoms with Crippen LogP contribution in [0.15, 0.2) is 18.2 Å². The number of carbonyl (C=O) groups is 1. The van der Waals surface area contributed by atoms with Crippen molar-refractivity contribution in [2.24, 2.45) is 0 Å². The van der Waals surface area contributed by atoms with Crippen molar-refractivity contribution in [2.45, 2.75) is 26.2 Å². The SMILES string of the molecule is CC(C)c1cccc2c1CC(=O)N2. The van der Waals surface area contributed by atoms with Gasteiger partial charge in [-0.15, -0.1) is 0 Å². The van der Waals surface area contributed by atoms with Gasteiger partial charge in [0.25, 0.3) is 0 Å². The van der Waals surface area contributed by atoms with Gasteiger partial charge >= 0.3 is 0 Å². The van der Waals surface area contributed by atoms with Crippen LogP contribution < -0.4 is 5.32 Å². The molecule has 0 fully saturated rings. The highest BCUT2D eigenvalue weighted by Crippen LogP contribution is 2.30. The Balaban J connectivity index is 2.51. The highest BCUT2D eigenvalue weighted by atomic mass is 16.1. The van der Waals surface area contributed by atoms with E-state index in [-0.39, 0.29) is 5.91 Å². The van der Waals surface area contributed by atoms with Gasteiger partial charge in [-0.1, -0.05) is 26.0 Å². The van der Waals surface area contributed by atoms with E-state index in [1.54, 1.807) is 0 Å². The molecule has 2 nitrogen and oxygen atoms in total. The number of rotatable bonds is 1. The zero-order valence-electron chi connectivity index (χ0n) is 7.92. The van der Waals surface area contributed by atoms with E-state index in [1.165, 1.54) is 11.1 Å². The molecule has 1 N–H and O–H groups in total. The number of fused-ring (bicyclic) bond motifs is 1. The lowest BCUT2D eigenvalue weighted by atomic mass is 9.96. The molecule has 1 aromatic rings. The van der Waals surface area contributed by atoms with Crippen LogP contribution in [0, 0.1) is 0 Å². The van der Waals surface area contributed by atoms with Gasteiger partial charge in [0.1, 0.15) is 0 Å². The second-order valence-corrected chi connectivity index (χ2v) is 3.75. The van der Waals surface area contributed by atoms with Gasteiger partial charge in [0.05, 0.1) is 6.42 Å². The molecule has 2 heteroatoms. The Morgan fingerprint density at radius 2 is 2.15 bits per heavy atom. The number of benzene rings is 1. The molecule has 0 atom stereocenters. The second kappa shape index (κ2) is 2.87. The second-order valence-electron chi connectivity index (χ2n) is 3.75. The molecule has 0 aromatic heterocycles. The molecule has 0 unspecified atom stereocenters. The summed E-state index contributed by atoms with van der Waals surface area (Å²) >= 11 is 0. The molecule has 0 saturated heterocycles. The molecular formula is C11H13NO. The molecule has 0 bridgehead atoms. The fraction of sp³-hybridized carbons (Fsp3) is 0.364. The van der Waals surface area contributed by atoms with Crippen LogP contribution in [0.5, 0.6) is 0 Å². The number of nitrogens with one attached hydrogen (secondary N) is 1. The van der Waals surface area contributed by atoms with Crippen molar-refractivity contribution in [3.63, 3.8) is 0 Å². The van der Waals surface area contributed by atoms with Crippen LogP contribution >= 0.6 is 0 Å². The van der Waals surface area contributed by atoms with Gasteiger partial charge in [0.2, 0.25) is 5.91 Å². The standard InChI is InChI=1S/C11H13NO/c1-7(2)8-4-3-5-10-9(8)6-11(13)12-10/h3-5,7H,6H2,1-2H3,(H,12,13). The first kappa shape index (κ1) is 8.30. The smallest absolute Gasteiger partial charge is 0.228 e. The first-order chi connectivity index (χ1) is 6.18. The first-order valence-corrected chi connectivity index (χ1v) is 4.60. The van der Waals surface area contributed by atoms with E-state index in [4.69, 9.17) is 0 Å². The number of hydrogen-bond acceptors (Lipinski definition) is 1. The molecule has 1 aliphatic heterocycles. The lowest BCUT2D eigenvalue weighted by Gasteiger charge is -2.09. The Kier molecular flexibility index (Phi) is 1.83. The third-order valence-corrected chi connectivity index (χ3v) is 2.45. The highest BCUT2D eigenvalue weighted by molar-refractivity contribution is 5.99. The van der Waals surface area contributed by atoms with Crippen LogP contribution in [0.1, 0.15) is 30.9 Å². The first-order valence-electron chi connectivity index (χ1n) is 4.60. The molecule has 0 radical (unpaired) electrons. The monoisotopic (exact) mass is 175 g/mol. The highest BCUT2D eigenvalue weighted by Gasteiger charge is 2.20. The Morgan fingerprint density at radius 1 is 1.38 bits per heavy atom. The van der Waals surface area contributed by atoms with Crippen LogP contribution in [-0.2, 0) is 11.2 Å². The molecule has 1 amide bonds. The topological polar surface area (TPSA) is 29.1 Å². The van der Waals surface area contributed by atoms with Crippen LogP contribution in [0.2, 0.25) is 0 Å². The zero-order chi connectivity index (χ0) is 9.42. The molecule has 2 rings (SSSR count). The molecule has 1 heterocycles. The van der Waals surface area contributed by atoms with Crippen molar-refractivity contribution in [1.82, 2.24) is 0 Å². The minimum Gasteiger partial charge on any atom is -0.326 e. The van der Waals surface area contributed by atoms with Crippen molar-refractivity contribution in [1.29, 1.82) is 0 Å². The average molecular weight is 175 g/mol. The maximum absolute atomic E-state index is 11.2. The summed E-state index contributed by atoms with van der Waals surface area (Å²) in [7, 11) is 0. The van der Waals surface area contributed by atoms with Crippen LogP contribution in [-0.4, -0.2) is 5.91 Å². The van der Waals surface area contributed by atoms with Gasteiger partial charge in [0.15, 0.2) is 0 Å². The molecular weight excluding hydrogens is 162 g/mol.